The SMILES string of the molecule is CN1CCN([C@H]2C[C@H](Nc3ncc4c(-c5cnc6ncc(Cl)n6c5)ccn4n3)C2)CC1. The van der Waals surface area contributed by atoms with Crippen molar-refractivity contribution < 1.29 is 0 Å². The molecule has 0 radical (unpaired) electrons. The maximum atomic E-state index is 6.20. The van der Waals surface area contributed by atoms with Crippen LogP contribution in [-0.4, -0.2) is 84.1 Å². The molecule has 6 rings (SSSR count). The van der Waals surface area contributed by atoms with Crippen LogP contribution in [0, 0.1) is 0 Å². The third-order valence-corrected chi connectivity index (χ3v) is 6.83. The van der Waals surface area contributed by atoms with E-state index in [-0.39, 0.29) is 0 Å². The Morgan fingerprint density at radius 3 is 2.68 bits per heavy atom. The van der Waals surface area contributed by atoms with Crippen molar-refractivity contribution in [3.8, 4) is 11.1 Å². The molecule has 0 atom stereocenters. The second-order valence-electron chi connectivity index (χ2n) is 8.54. The predicted octanol–water partition coefficient (Wildman–Crippen LogP) is 2.28. The first kappa shape index (κ1) is 19.0. The molecule has 2 fully saturated rings. The summed E-state index contributed by atoms with van der Waals surface area (Å²) in [6, 6.07) is 3.14. The van der Waals surface area contributed by atoms with Gasteiger partial charge in [-0.05, 0) is 26.0 Å². The van der Waals surface area contributed by atoms with Crippen molar-refractivity contribution in [3.63, 3.8) is 0 Å². The summed E-state index contributed by atoms with van der Waals surface area (Å²) in [5.74, 6) is 1.25. The molecule has 1 aliphatic carbocycles. The van der Waals surface area contributed by atoms with Gasteiger partial charge in [-0.15, -0.1) is 5.10 Å². The normalized spacial score (nSPS) is 22.8. The Labute approximate surface area is 184 Å². The van der Waals surface area contributed by atoms with Crippen LogP contribution in [0.2, 0.25) is 5.15 Å². The van der Waals surface area contributed by atoms with Gasteiger partial charge in [0.2, 0.25) is 11.7 Å². The van der Waals surface area contributed by atoms with E-state index >= 15 is 0 Å². The molecule has 4 aromatic rings. The topological polar surface area (TPSA) is 78.9 Å². The van der Waals surface area contributed by atoms with Crippen molar-refractivity contribution in [1.29, 1.82) is 0 Å². The number of rotatable bonds is 4. The molecule has 1 N–H and O–H groups in total. The number of nitrogens with one attached hydrogen (secondary N) is 1. The van der Waals surface area contributed by atoms with Crippen molar-refractivity contribution in [3.05, 3.63) is 42.2 Å². The highest BCUT2D eigenvalue weighted by atomic mass is 35.5. The van der Waals surface area contributed by atoms with Crippen LogP contribution in [0.1, 0.15) is 12.8 Å². The van der Waals surface area contributed by atoms with Crippen LogP contribution in [0.25, 0.3) is 22.4 Å². The third kappa shape index (κ3) is 3.42. The van der Waals surface area contributed by atoms with Gasteiger partial charge in [0.25, 0.3) is 0 Å². The Morgan fingerprint density at radius 1 is 1.03 bits per heavy atom. The largest absolute Gasteiger partial charge is 0.350 e. The minimum absolute atomic E-state index is 0.437. The van der Waals surface area contributed by atoms with Crippen molar-refractivity contribution in [2.24, 2.45) is 0 Å². The van der Waals surface area contributed by atoms with Crippen LogP contribution in [0.3, 0.4) is 0 Å². The molecule has 0 aromatic carbocycles. The fourth-order valence-corrected chi connectivity index (χ4v) is 4.74. The number of aromatic nitrogens is 6. The smallest absolute Gasteiger partial charge is 0.241 e. The summed E-state index contributed by atoms with van der Waals surface area (Å²) in [4.78, 5) is 18.2. The number of imidazole rings is 1. The second kappa shape index (κ2) is 7.44. The number of anilines is 1. The first-order valence-electron chi connectivity index (χ1n) is 10.7. The van der Waals surface area contributed by atoms with Crippen LogP contribution in [0.5, 0.6) is 0 Å². The zero-order valence-electron chi connectivity index (χ0n) is 17.3. The zero-order valence-corrected chi connectivity index (χ0v) is 18.1. The van der Waals surface area contributed by atoms with Gasteiger partial charge >= 0.3 is 0 Å². The lowest BCUT2D eigenvalue weighted by atomic mass is 9.85. The summed E-state index contributed by atoms with van der Waals surface area (Å²) >= 11 is 6.20. The molecule has 0 bridgehead atoms. The molecule has 2 aliphatic rings. The van der Waals surface area contributed by atoms with Crippen molar-refractivity contribution >= 4 is 28.8 Å². The fourth-order valence-electron chi connectivity index (χ4n) is 4.57. The maximum absolute atomic E-state index is 6.20. The molecule has 1 saturated carbocycles. The van der Waals surface area contributed by atoms with Gasteiger partial charge < -0.3 is 10.2 Å². The van der Waals surface area contributed by atoms with Crippen molar-refractivity contribution in [1.82, 2.24) is 38.8 Å². The first-order chi connectivity index (χ1) is 15.1. The van der Waals surface area contributed by atoms with Gasteiger partial charge in [-0.2, -0.15) is 0 Å². The fraction of sp³-hybridized carbons (Fsp3) is 0.429. The lowest BCUT2D eigenvalue weighted by molar-refractivity contribution is 0.0656. The van der Waals surface area contributed by atoms with Gasteiger partial charge in [0.05, 0.1) is 17.9 Å². The summed E-state index contributed by atoms with van der Waals surface area (Å²) in [5, 5.41) is 8.71. The van der Waals surface area contributed by atoms with Gasteiger partial charge in [0.15, 0.2) is 0 Å². The monoisotopic (exact) mass is 437 g/mol. The Bertz CT molecular complexity index is 1230. The molecule has 1 saturated heterocycles. The Morgan fingerprint density at radius 2 is 1.84 bits per heavy atom. The third-order valence-electron chi connectivity index (χ3n) is 6.55. The van der Waals surface area contributed by atoms with Crippen molar-refractivity contribution in [2.45, 2.75) is 24.9 Å². The molecular weight excluding hydrogens is 414 g/mol. The van der Waals surface area contributed by atoms with Crippen LogP contribution in [-0.2, 0) is 0 Å². The van der Waals surface area contributed by atoms with E-state index in [1.165, 1.54) is 26.2 Å². The van der Waals surface area contributed by atoms with Gasteiger partial charge in [0.1, 0.15) is 5.15 Å². The predicted molar refractivity (Wildman–Crippen MR) is 119 cm³/mol. The molecule has 4 aromatic heterocycles. The average molecular weight is 438 g/mol. The van der Waals surface area contributed by atoms with Crippen LogP contribution in [0.15, 0.2) is 37.1 Å². The number of hydrogen-bond donors (Lipinski definition) is 1. The maximum Gasteiger partial charge on any atom is 0.241 e. The van der Waals surface area contributed by atoms with E-state index < -0.39 is 0 Å². The van der Waals surface area contributed by atoms with Gasteiger partial charge in [-0.3, -0.25) is 9.30 Å². The molecule has 1 aliphatic heterocycles. The van der Waals surface area contributed by atoms with E-state index in [4.69, 9.17) is 11.6 Å². The number of piperazine rings is 1. The minimum Gasteiger partial charge on any atom is -0.350 e. The first-order valence-corrected chi connectivity index (χ1v) is 11.0. The van der Waals surface area contributed by atoms with Gasteiger partial charge in [0, 0.05) is 68.0 Å². The molecule has 0 amide bonds. The molecule has 0 spiro atoms. The van der Waals surface area contributed by atoms with Gasteiger partial charge in [-0.25, -0.2) is 19.5 Å². The minimum atomic E-state index is 0.437. The lowest BCUT2D eigenvalue weighted by Gasteiger charge is -2.46. The molecule has 31 heavy (non-hydrogen) atoms. The summed E-state index contributed by atoms with van der Waals surface area (Å²) < 4.78 is 3.63. The summed E-state index contributed by atoms with van der Waals surface area (Å²) in [6.45, 7) is 4.68. The number of likely N-dealkylation sites (N-methyl/N-ethyl adjacent to an activating group) is 1. The van der Waals surface area contributed by atoms with E-state index in [1.54, 1.807) is 16.8 Å². The van der Waals surface area contributed by atoms with E-state index in [2.05, 4.69) is 42.2 Å². The van der Waals surface area contributed by atoms with E-state index in [9.17, 15) is 0 Å². The standard InChI is InChI=1S/C21H24ClN9/c1-28-4-6-29(7-5-28)16-8-15(9-16)26-20-23-11-18-17(2-3-31(18)27-20)14-10-24-21-25-12-19(22)30(21)13-14/h2-3,10-13,15-16H,4-9H2,1H3,(H,26,27)/t15-,16-. The summed E-state index contributed by atoms with van der Waals surface area (Å²) in [7, 11) is 2.20. The molecule has 5 heterocycles. The Hall–Kier alpha value is -2.75. The number of hydrogen-bond acceptors (Lipinski definition) is 7. The van der Waals surface area contributed by atoms with E-state index in [0.29, 0.717) is 29.0 Å². The van der Waals surface area contributed by atoms with Crippen LogP contribution >= 0.6 is 11.6 Å². The summed E-state index contributed by atoms with van der Waals surface area (Å²) in [5.41, 5.74) is 2.87. The molecule has 9 nitrogen and oxygen atoms in total. The highest BCUT2D eigenvalue weighted by Crippen LogP contribution is 2.29. The summed E-state index contributed by atoms with van der Waals surface area (Å²) in [6.07, 6.45) is 11.4. The highest BCUT2D eigenvalue weighted by Gasteiger charge is 2.35. The van der Waals surface area contributed by atoms with Crippen LogP contribution in [0.4, 0.5) is 5.95 Å². The quantitative estimate of drug-likeness (QED) is 0.524. The molecular formula is C21H24ClN9. The molecule has 0 unspecified atom stereocenters. The Kier molecular flexibility index (Phi) is 4.55. The highest BCUT2D eigenvalue weighted by molar-refractivity contribution is 6.29. The number of nitrogens with zero attached hydrogens (tertiary/aromatic N) is 8. The Balaban J connectivity index is 1.16. The second-order valence-corrected chi connectivity index (χ2v) is 8.93. The van der Waals surface area contributed by atoms with Crippen molar-refractivity contribution in [2.75, 3.05) is 38.5 Å². The van der Waals surface area contributed by atoms with Gasteiger partial charge in [-0.1, -0.05) is 11.6 Å². The van der Waals surface area contributed by atoms with E-state index in [1.807, 2.05) is 29.2 Å². The molecule has 160 valence electrons. The average Bonchev–Trinajstić information content (AvgIpc) is 3.34. The number of halogens is 1. The van der Waals surface area contributed by atoms with Crippen LogP contribution < -0.4 is 5.32 Å². The number of fused-ring (bicyclic) bond motifs is 2. The lowest BCUT2D eigenvalue weighted by Crippen LogP contribution is -2.55. The van der Waals surface area contributed by atoms with E-state index in [0.717, 1.165) is 29.5 Å². The zero-order chi connectivity index (χ0) is 20.9. The molecule has 10 heteroatoms.